The van der Waals surface area contributed by atoms with Gasteiger partial charge in [0.1, 0.15) is 4.83 Å². The monoisotopic (exact) mass is 309 g/mol. The van der Waals surface area contributed by atoms with E-state index >= 15 is 0 Å². The lowest BCUT2D eigenvalue weighted by atomic mass is 10.1. The molecule has 2 rings (SSSR count). The van der Waals surface area contributed by atoms with Gasteiger partial charge in [0.05, 0.1) is 11.7 Å². The lowest BCUT2D eigenvalue weighted by molar-refractivity contribution is -0.122. The van der Waals surface area contributed by atoms with E-state index in [1.807, 2.05) is 19.2 Å². The molecule has 0 bridgehead atoms. The van der Waals surface area contributed by atoms with Gasteiger partial charge >= 0.3 is 0 Å². The number of aliphatic hydroxyl groups is 1. The molecule has 2 heterocycles. The number of thiophene rings is 1. The van der Waals surface area contributed by atoms with Gasteiger partial charge in [-0.15, -0.1) is 11.3 Å². The van der Waals surface area contributed by atoms with Crippen molar-refractivity contribution in [1.82, 2.24) is 14.9 Å². The van der Waals surface area contributed by atoms with Gasteiger partial charge in [-0.25, -0.2) is 4.98 Å². The number of hydrogen-bond donors (Lipinski definition) is 2. The summed E-state index contributed by atoms with van der Waals surface area (Å²) in [4.78, 5) is 28.9. The summed E-state index contributed by atoms with van der Waals surface area (Å²) >= 11 is 1.42. The molecule has 114 valence electrons. The van der Waals surface area contributed by atoms with Crippen LogP contribution in [0, 0.1) is 5.92 Å². The van der Waals surface area contributed by atoms with E-state index in [1.54, 1.807) is 6.07 Å². The molecule has 0 saturated heterocycles. The molecular formula is C14H19N3O3S. The van der Waals surface area contributed by atoms with Crippen LogP contribution in [0.1, 0.15) is 20.3 Å². The molecule has 0 aromatic carbocycles. The van der Waals surface area contributed by atoms with Gasteiger partial charge in [0.2, 0.25) is 5.91 Å². The van der Waals surface area contributed by atoms with Gasteiger partial charge in [0.15, 0.2) is 0 Å². The second-order valence-electron chi connectivity index (χ2n) is 5.15. The van der Waals surface area contributed by atoms with E-state index in [1.165, 1.54) is 22.2 Å². The van der Waals surface area contributed by atoms with E-state index in [2.05, 4.69) is 10.3 Å². The Balaban J connectivity index is 1.97. The third-order valence-corrected chi connectivity index (χ3v) is 4.38. The van der Waals surface area contributed by atoms with Crippen LogP contribution in [0.4, 0.5) is 0 Å². The van der Waals surface area contributed by atoms with E-state index in [0.717, 1.165) is 0 Å². The standard InChI is InChI=1S/C14H19N3O3S/c1-9(7-18)10(2)16-12(19)3-5-17-8-15-13-11(14(17)20)4-6-21-13/h4,6,8-10,18H,3,5,7H2,1-2H3,(H,16,19). The van der Waals surface area contributed by atoms with E-state index in [0.29, 0.717) is 16.8 Å². The number of carbonyl (C=O) groups is 1. The SMILES string of the molecule is CC(CO)C(C)NC(=O)CCn1cnc2sccc2c1=O. The van der Waals surface area contributed by atoms with Gasteiger partial charge in [-0.2, -0.15) is 0 Å². The Labute approximate surface area is 126 Å². The average molecular weight is 309 g/mol. The third-order valence-electron chi connectivity index (χ3n) is 3.56. The Morgan fingerprint density at radius 1 is 1.52 bits per heavy atom. The van der Waals surface area contributed by atoms with E-state index < -0.39 is 0 Å². The summed E-state index contributed by atoms with van der Waals surface area (Å²) in [7, 11) is 0. The Kier molecular flexibility index (Phi) is 5.08. The molecule has 0 fully saturated rings. The zero-order valence-corrected chi connectivity index (χ0v) is 12.9. The Bertz CT molecular complexity index is 679. The fourth-order valence-corrected chi connectivity index (χ4v) is 2.62. The summed E-state index contributed by atoms with van der Waals surface area (Å²) in [5.74, 6) is -0.138. The first-order valence-electron chi connectivity index (χ1n) is 6.85. The van der Waals surface area contributed by atoms with Crippen LogP contribution in [-0.4, -0.2) is 33.2 Å². The van der Waals surface area contributed by atoms with Gasteiger partial charge in [0.25, 0.3) is 5.56 Å². The van der Waals surface area contributed by atoms with Crippen molar-refractivity contribution in [3.63, 3.8) is 0 Å². The number of fused-ring (bicyclic) bond motifs is 1. The maximum Gasteiger partial charge on any atom is 0.262 e. The summed E-state index contributed by atoms with van der Waals surface area (Å²) in [5.41, 5.74) is -0.120. The first-order chi connectivity index (χ1) is 10.0. The van der Waals surface area contributed by atoms with Crippen molar-refractivity contribution in [3.8, 4) is 0 Å². The summed E-state index contributed by atoms with van der Waals surface area (Å²) < 4.78 is 1.45. The van der Waals surface area contributed by atoms with Crippen LogP contribution >= 0.6 is 11.3 Å². The highest BCUT2D eigenvalue weighted by atomic mass is 32.1. The number of rotatable bonds is 6. The molecule has 21 heavy (non-hydrogen) atoms. The van der Waals surface area contributed by atoms with Crippen LogP contribution < -0.4 is 10.9 Å². The molecule has 2 N–H and O–H groups in total. The molecule has 2 atom stereocenters. The number of aryl methyl sites for hydroxylation is 1. The predicted molar refractivity (Wildman–Crippen MR) is 82.4 cm³/mol. The topological polar surface area (TPSA) is 84.2 Å². The molecule has 2 aromatic heterocycles. The van der Waals surface area contributed by atoms with E-state index in [9.17, 15) is 9.59 Å². The van der Waals surface area contributed by atoms with Crippen LogP contribution in [-0.2, 0) is 11.3 Å². The Hall–Kier alpha value is -1.73. The molecule has 1 amide bonds. The number of nitrogens with one attached hydrogen (secondary N) is 1. The highest BCUT2D eigenvalue weighted by Gasteiger charge is 2.14. The van der Waals surface area contributed by atoms with Gasteiger partial charge in [0, 0.05) is 25.6 Å². The van der Waals surface area contributed by atoms with Crippen LogP contribution in [0.15, 0.2) is 22.6 Å². The van der Waals surface area contributed by atoms with Gasteiger partial charge < -0.3 is 10.4 Å². The first-order valence-corrected chi connectivity index (χ1v) is 7.73. The fraction of sp³-hybridized carbons (Fsp3) is 0.500. The molecule has 0 aliphatic carbocycles. The molecule has 0 spiro atoms. The Morgan fingerprint density at radius 2 is 2.29 bits per heavy atom. The van der Waals surface area contributed by atoms with Crippen molar-refractivity contribution in [2.45, 2.75) is 32.9 Å². The van der Waals surface area contributed by atoms with Crippen LogP contribution in [0.2, 0.25) is 0 Å². The molecule has 0 aliphatic rings. The second kappa shape index (κ2) is 6.82. The summed E-state index contributed by atoms with van der Waals surface area (Å²) in [6.07, 6.45) is 1.69. The lowest BCUT2D eigenvalue weighted by Crippen LogP contribution is -2.39. The lowest BCUT2D eigenvalue weighted by Gasteiger charge is -2.19. The number of hydrogen-bond acceptors (Lipinski definition) is 5. The minimum absolute atomic E-state index is 0.000459. The van der Waals surface area contributed by atoms with Crippen molar-refractivity contribution >= 4 is 27.5 Å². The molecule has 2 unspecified atom stereocenters. The molecule has 6 nitrogen and oxygen atoms in total. The summed E-state index contributed by atoms with van der Waals surface area (Å²) in [6.45, 7) is 4.04. The quantitative estimate of drug-likeness (QED) is 0.833. The minimum atomic E-state index is -0.139. The Morgan fingerprint density at radius 3 is 3.00 bits per heavy atom. The van der Waals surface area contributed by atoms with E-state index in [4.69, 9.17) is 5.11 Å². The second-order valence-corrected chi connectivity index (χ2v) is 6.04. The smallest absolute Gasteiger partial charge is 0.262 e. The van der Waals surface area contributed by atoms with E-state index in [-0.39, 0.29) is 36.5 Å². The maximum absolute atomic E-state index is 12.1. The largest absolute Gasteiger partial charge is 0.396 e. The van der Waals surface area contributed by atoms with Gasteiger partial charge in [-0.05, 0) is 24.3 Å². The maximum atomic E-state index is 12.1. The third kappa shape index (κ3) is 3.68. The first kappa shape index (κ1) is 15.7. The fourth-order valence-electron chi connectivity index (χ4n) is 1.90. The van der Waals surface area contributed by atoms with Crippen molar-refractivity contribution in [2.75, 3.05) is 6.61 Å². The number of aliphatic hydroxyl groups excluding tert-OH is 1. The highest BCUT2D eigenvalue weighted by Crippen LogP contribution is 2.13. The van der Waals surface area contributed by atoms with Gasteiger partial charge in [-0.1, -0.05) is 6.92 Å². The minimum Gasteiger partial charge on any atom is -0.396 e. The van der Waals surface area contributed by atoms with Gasteiger partial charge in [-0.3, -0.25) is 14.2 Å². The molecular weight excluding hydrogens is 290 g/mol. The van der Waals surface area contributed by atoms with Crippen LogP contribution in [0.5, 0.6) is 0 Å². The van der Waals surface area contributed by atoms with Crippen molar-refractivity contribution in [2.24, 2.45) is 5.92 Å². The van der Waals surface area contributed by atoms with Crippen LogP contribution in [0.3, 0.4) is 0 Å². The highest BCUT2D eigenvalue weighted by molar-refractivity contribution is 7.16. The van der Waals surface area contributed by atoms with Crippen molar-refractivity contribution in [1.29, 1.82) is 0 Å². The molecule has 7 heteroatoms. The molecule has 2 aromatic rings. The molecule has 0 aliphatic heterocycles. The average Bonchev–Trinajstić information content (AvgIpc) is 2.95. The summed E-state index contributed by atoms with van der Waals surface area (Å²) in [6, 6.07) is 1.65. The number of aromatic nitrogens is 2. The predicted octanol–water partition coefficient (Wildman–Crippen LogP) is 0.981. The normalized spacial score (nSPS) is 14.0. The van der Waals surface area contributed by atoms with Crippen LogP contribution in [0.25, 0.3) is 10.2 Å². The molecule has 0 saturated carbocycles. The zero-order chi connectivity index (χ0) is 15.4. The summed E-state index contributed by atoms with van der Waals surface area (Å²) in [5, 5.41) is 14.3. The zero-order valence-electron chi connectivity index (χ0n) is 12.1. The number of amides is 1. The molecule has 0 radical (unpaired) electrons. The van der Waals surface area contributed by atoms with Crippen molar-refractivity contribution < 1.29 is 9.90 Å². The number of nitrogens with zero attached hydrogens (tertiary/aromatic N) is 2. The van der Waals surface area contributed by atoms with Crippen molar-refractivity contribution in [3.05, 3.63) is 28.1 Å². The number of carbonyl (C=O) groups excluding carboxylic acids is 1.